The molecular weight excluding hydrogens is 464 g/mol. The van der Waals surface area contributed by atoms with E-state index in [1.54, 1.807) is 0 Å². The molecule has 0 aliphatic rings. The molecule has 0 radical (unpaired) electrons. The summed E-state index contributed by atoms with van der Waals surface area (Å²) in [5.41, 5.74) is 11.4. The molecule has 0 N–H and O–H groups in total. The second-order valence-corrected chi connectivity index (χ2v) is 9.86. The van der Waals surface area contributed by atoms with Crippen LogP contribution in [0, 0.1) is 0 Å². The van der Waals surface area contributed by atoms with Crippen molar-refractivity contribution in [2.75, 3.05) is 0 Å². The van der Waals surface area contributed by atoms with Gasteiger partial charge in [0.1, 0.15) is 5.52 Å². The predicted octanol–water partition coefficient (Wildman–Crippen LogP) is 9.38. The van der Waals surface area contributed by atoms with Crippen molar-refractivity contribution < 1.29 is 4.42 Å². The van der Waals surface area contributed by atoms with Gasteiger partial charge >= 0.3 is 0 Å². The zero-order valence-electron chi connectivity index (χ0n) is 21.6. The first-order valence-corrected chi connectivity index (χ1v) is 13.3. The van der Waals surface area contributed by atoms with Crippen LogP contribution < -0.4 is 0 Å². The van der Waals surface area contributed by atoms with Gasteiger partial charge in [-0.3, -0.25) is 0 Å². The number of aryl methyl sites for hydroxylation is 2. The molecule has 2 aromatic heterocycles. The summed E-state index contributed by atoms with van der Waals surface area (Å²) in [6, 6.07) is 39.0. The molecule has 0 bridgehead atoms. The van der Waals surface area contributed by atoms with Gasteiger partial charge in [0, 0.05) is 22.0 Å². The summed E-state index contributed by atoms with van der Waals surface area (Å²) in [4.78, 5) is 4.63. The summed E-state index contributed by atoms with van der Waals surface area (Å²) in [6.07, 6.45) is 2.08. The molecule has 5 aromatic carbocycles. The maximum Gasteiger partial charge on any atom is 0.227 e. The number of benzene rings is 5. The van der Waals surface area contributed by atoms with Gasteiger partial charge in [0.15, 0.2) is 5.58 Å². The summed E-state index contributed by atoms with van der Waals surface area (Å²) in [7, 11) is 0. The normalized spacial score (nSPS) is 11.6. The zero-order chi connectivity index (χ0) is 25.6. The summed E-state index contributed by atoms with van der Waals surface area (Å²) in [6.45, 7) is 4.44. The SMILES string of the molecule is CCc1ccc2c(c1)c1cc(CC)ccc1n2-c1ccc(-c2ccc(-c3nc4ccccc4o3)cc2)cc1. The van der Waals surface area contributed by atoms with Crippen molar-refractivity contribution in [2.45, 2.75) is 26.7 Å². The number of rotatable bonds is 5. The molecule has 0 saturated carbocycles. The maximum absolute atomic E-state index is 5.94. The third kappa shape index (κ3) is 3.71. The quantitative estimate of drug-likeness (QED) is 0.240. The first-order valence-electron chi connectivity index (χ1n) is 13.3. The highest BCUT2D eigenvalue weighted by molar-refractivity contribution is 6.09. The average Bonchev–Trinajstić information content (AvgIpc) is 3.56. The number of fused-ring (bicyclic) bond motifs is 4. The van der Waals surface area contributed by atoms with E-state index in [1.165, 1.54) is 49.7 Å². The van der Waals surface area contributed by atoms with Gasteiger partial charge in [0.05, 0.1) is 11.0 Å². The molecule has 0 aliphatic carbocycles. The zero-order valence-corrected chi connectivity index (χ0v) is 21.6. The summed E-state index contributed by atoms with van der Waals surface area (Å²) in [5, 5.41) is 2.65. The minimum atomic E-state index is 0.650. The maximum atomic E-state index is 5.94. The molecule has 0 saturated heterocycles. The minimum Gasteiger partial charge on any atom is -0.436 e. The Labute approximate surface area is 222 Å². The van der Waals surface area contributed by atoms with Crippen LogP contribution in [0.5, 0.6) is 0 Å². The Morgan fingerprint density at radius 3 is 1.74 bits per heavy atom. The highest BCUT2D eigenvalue weighted by atomic mass is 16.3. The molecule has 3 heteroatoms. The van der Waals surface area contributed by atoms with Crippen LogP contribution >= 0.6 is 0 Å². The van der Waals surface area contributed by atoms with E-state index in [1.807, 2.05) is 24.3 Å². The van der Waals surface area contributed by atoms with E-state index < -0.39 is 0 Å². The molecule has 0 unspecified atom stereocenters. The van der Waals surface area contributed by atoms with Gasteiger partial charge in [0.2, 0.25) is 5.89 Å². The molecule has 0 fully saturated rings. The molecule has 0 aliphatic heterocycles. The van der Waals surface area contributed by atoms with Crippen molar-refractivity contribution in [3.05, 3.63) is 120 Å². The van der Waals surface area contributed by atoms with E-state index >= 15 is 0 Å². The Morgan fingerprint density at radius 2 is 1.16 bits per heavy atom. The first-order chi connectivity index (χ1) is 18.7. The lowest BCUT2D eigenvalue weighted by atomic mass is 10.0. The molecule has 0 amide bonds. The number of aromatic nitrogens is 2. The van der Waals surface area contributed by atoms with Crippen LogP contribution in [-0.4, -0.2) is 9.55 Å². The van der Waals surface area contributed by atoms with Crippen LogP contribution in [0.25, 0.3) is 61.2 Å². The fourth-order valence-corrected chi connectivity index (χ4v) is 5.44. The summed E-state index contributed by atoms with van der Waals surface area (Å²) < 4.78 is 8.33. The third-order valence-electron chi connectivity index (χ3n) is 7.59. The number of nitrogens with zero attached hydrogens (tertiary/aromatic N) is 2. The van der Waals surface area contributed by atoms with Gasteiger partial charge in [-0.15, -0.1) is 0 Å². The fourth-order valence-electron chi connectivity index (χ4n) is 5.44. The van der Waals surface area contributed by atoms with Gasteiger partial charge < -0.3 is 8.98 Å². The molecule has 184 valence electrons. The molecule has 38 heavy (non-hydrogen) atoms. The number of para-hydroxylation sites is 2. The highest BCUT2D eigenvalue weighted by Gasteiger charge is 2.14. The van der Waals surface area contributed by atoms with E-state index in [4.69, 9.17) is 4.42 Å². The first kappa shape index (κ1) is 22.6. The number of hydrogen-bond acceptors (Lipinski definition) is 2. The smallest absolute Gasteiger partial charge is 0.227 e. The molecule has 7 aromatic rings. The minimum absolute atomic E-state index is 0.650. The second kappa shape index (κ2) is 9.04. The van der Waals surface area contributed by atoms with Gasteiger partial charge in [-0.05, 0) is 95.8 Å². The van der Waals surface area contributed by atoms with Crippen molar-refractivity contribution in [1.29, 1.82) is 0 Å². The fraction of sp³-hybridized carbons (Fsp3) is 0.114. The summed E-state index contributed by atoms with van der Waals surface area (Å²) in [5.74, 6) is 0.650. The van der Waals surface area contributed by atoms with Gasteiger partial charge in [-0.2, -0.15) is 0 Å². The highest BCUT2D eigenvalue weighted by Crippen LogP contribution is 2.34. The topological polar surface area (TPSA) is 31.0 Å². The van der Waals surface area contributed by atoms with Crippen LogP contribution in [0.4, 0.5) is 0 Å². The standard InChI is InChI=1S/C35H28N2O/c1-3-23-9-19-32-29(21-23)30-22-24(4-2)10-20-33(30)37(32)28-17-15-26(16-18-28)25-11-13-27(14-12-25)35-36-31-7-5-6-8-34(31)38-35/h5-22H,3-4H2,1-2H3. The largest absolute Gasteiger partial charge is 0.436 e. The Hall–Kier alpha value is -4.63. The molecule has 3 nitrogen and oxygen atoms in total. The van der Waals surface area contributed by atoms with E-state index in [-0.39, 0.29) is 0 Å². The van der Waals surface area contributed by atoms with Crippen LogP contribution in [0.3, 0.4) is 0 Å². The van der Waals surface area contributed by atoms with Crippen molar-refractivity contribution >= 4 is 32.9 Å². The van der Waals surface area contributed by atoms with Crippen LogP contribution in [-0.2, 0) is 12.8 Å². The average molecular weight is 493 g/mol. The number of hydrogen-bond donors (Lipinski definition) is 0. The monoisotopic (exact) mass is 492 g/mol. The predicted molar refractivity (Wildman–Crippen MR) is 158 cm³/mol. The summed E-state index contributed by atoms with van der Waals surface area (Å²) >= 11 is 0. The van der Waals surface area contributed by atoms with Crippen molar-refractivity contribution in [3.8, 4) is 28.3 Å². The lowest BCUT2D eigenvalue weighted by Gasteiger charge is -2.10. The van der Waals surface area contributed by atoms with E-state index in [9.17, 15) is 0 Å². The lowest BCUT2D eigenvalue weighted by molar-refractivity contribution is 0.620. The van der Waals surface area contributed by atoms with Gasteiger partial charge in [0.25, 0.3) is 0 Å². The Kier molecular flexibility index (Phi) is 5.36. The van der Waals surface area contributed by atoms with Crippen LogP contribution in [0.1, 0.15) is 25.0 Å². The lowest BCUT2D eigenvalue weighted by Crippen LogP contribution is -1.94. The van der Waals surface area contributed by atoms with E-state index in [2.05, 4.69) is 108 Å². The Balaban J connectivity index is 1.26. The van der Waals surface area contributed by atoms with Gasteiger partial charge in [-0.25, -0.2) is 4.98 Å². The molecule has 7 rings (SSSR count). The molecular formula is C35H28N2O. The second-order valence-electron chi connectivity index (χ2n) is 9.86. The van der Waals surface area contributed by atoms with E-state index in [0.29, 0.717) is 5.89 Å². The van der Waals surface area contributed by atoms with Crippen molar-refractivity contribution in [3.63, 3.8) is 0 Å². The molecule has 2 heterocycles. The Morgan fingerprint density at radius 1 is 0.605 bits per heavy atom. The Bertz CT molecular complexity index is 1830. The van der Waals surface area contributed by atoms with Crippen LogP contribution in [0.15, 0.2) is 114 Å². The van der Waals surface area contributed by atoms with Gasteiger partial charge in [-0.1, -0.05) is 62.4 Å². The third-order valence-corrected chi connectivity index (χ3v) is 7.59. The number of oxazole rings is 1. The molecule has 0 atom stereocenters. The van der Waals surface area contributed by atoms with Crippen LogP contribution in [0.2, 0.25) is 0 Å². The van der Waals surface area contributed by atoms with Crippen molar-refractivity contribution in [1.82, 2.24) is 9.55 Å². The molecule has 0 spiro atoms. The van der Waals surface area contributed by atoms with Crippen molar-refractivity contribution in [2.24, 2.45) is 0 Å². The van der Waals surface area contributed by atoms with E-state index in [0.717, 1.165) is 29.5 Å².